The standard InChI is InChI=1S/C30H36N4O4S/c1-7-19(3)31-24(35)15-33-25(36)16-39-27(20-11-12-22-23(14-20)38-17-37-22)26-28(30(4,5)6)32-34(29(26)33)21-10-8-9-18(2)13-21/h8-14,19,27H,7,15-17H2,1-6H3,(H,31,35)/t19-,27+/m0/s1. The van der Waals surface area contributed by atoms with Crippen molar-refractivity contribution >= 4 is 29.4 Å². The number of rotatable bonds is 6. The Morgan fingerprint density at radius 2 is 1.95 bits per heavy atom. The van der Waals surface area contributed by atoms with Crippen LogP contribution in [-0.4, -0.2) is 46.7 Å². The van der Waals surface area contributed by atoms with Crippen molar-refractivity contribution in [2.45, 2.75) is 64.7 Å². The number of carbonyl (C=O) groups excluding carboxylic acids is 2. The summed E-state index contributed by atoms with van der Waals surface area (Å²) < 4.78 is 13.1. The van der Waals surface area contributed by atoms with Gasteiger partial charge in [0.1, 0.15) is 12.4 Å². The molecule has 0 saturated carbocycles. The first-order chi connectivity index (χ1) is 18.6. The van der Waals surface area contributed by atoms with Gasteiger partial charge in [-0.1, -0.05) is 45.9 Å². The van der Waals surface area contributed by atoms with Crippen LogP contribution < -0.4 is 19.7 Å². The van der Waals surface area contributed by atoms with E-state index in [4.69, 9.17) is 14.6 Å². The Morgan fingerprint density at radius 1 is 1.18 bits per heavy atom. The Bertz CT molecular complexity index is 1410. The van der Waals surface area contributed by atoms with Gasteiger partial charge in [-0.25, -0.2) is 4.68 Å². The predicted molar refractivity (Wildman–Crippen MR) is 154 cm³/mol. The molecule has 39 heavy (non-hydrogen) atoms. The van der Waals surface area contributed by atoms with Crippen LogP contribution in [0.15, 0.2) is 42.5 Å². The van der Waals surface area contributed by atoms with Gasteiger partial charge < -0.3 is 14.8 Å². The number of anilines is 1. The van der Waals surface area contributed by atoms with Crippen molar-refractivity contribution in [3.8, 4) is 17.2 Å². The lowest BCUT2D eigenvalue weighted by atomic mass is 9.87. The van der Waals surface area contributed by atoms with E-state index in [1.807, 2.05) is 61.9 Å². The molecular formula is C30H36N4O4S. The molecular weight excluding hydrogens is 512 g/mol. The van der Waals surface area contributed by atoms with Crippen molar-refractivity contribution < 1.29 is 19.1 Å². The third-order valence-electron chi connectivity index (χ3n) is 7.07. The summed E-state index contributed by atoms with van der Waals surface area (Å²) in [4.78, 5) is 28.6. The summed E-state index contributed by atoms with van der Waals surface area (Å²) in [5.74, 6) is 1.95. The highest BCUT2D eigenvalue weighted by Crippen LogP contribution is 2.49. The zero-order chi connectivity index (χ0) is 27.9. The molecule has 2 aliphatic heterocycles. The average Bonchev–Trinajstić information content (AvgIpc) is 3.49. The van der Waals surface area contributed by atoms with Crippen LogP contribution in [0.2, 0.25) is 0 Å². The van der Waals surface area contributed by atoms with Crippen molar-refractivity contribution in [1.29, 1.82) is 0 Å². The summed E-state index contributed by atoms with van der Waals surface area (Å²) in [5, 5.41) is 7.98. The van der Waals surface area contributed by atoms with Gasteiger partial charge in [0, 0.05) is 17.0 Å². The van der Waals surface area contributed by atoms with Crippen molar-refractivity contribution in [2.24, 2.45) is 0 Å². The number of hydrogen-bond acceptors (Lipinski definition) is 6. The van der Waals surface area contributed by atoms with Crippen molar-refractivity contribution in [3.63, 3.8) is 0 Å². The van der Waals surface area contributed by atoms with Gasteiger partial charge in [0.05, 0.1) is 22.4 Å². The van der Waals surface area contributed by atoms with Crippen LogP contribution in [0, 0.1) is 6.92 Å². The number of ether oxygens (including phenoxy) is 2. The number of fused-ring (bicyclic) bond motifs is 2. The summed E-state index contributed by atoms with van der Waals surface area (Å²) in [6.45, 7) is 12.5. The third kappa shape index (κ3) is 5.37. The Balaban J connectivity index is 1.74. The van der Waals surface area contributed by atoms with E-state index < -0.39 is 0 Å². The van der Waals surface area contributed by atoms with E-state index in [1.165, 1.54) is 0 Å². The van der Waals surface area contributed by atoms with E-state index >= 15 is 0 Å². The van der Waals surface area contributed by atoms with Gasteiger partial charge in [-0.05, 0) is 55.7 Å². The molecule has 3 aromatic rings. The Labute approximate surface area is 234 Å². The second-order valence-electron chi connectivity index (χ2n) is 11.2. The van der Waals surface area contributed by atoms with E-state index in [0.717, 1.165) is 34.5 Å². The van der Waals surface area contributed by atoms with Crippen LogP contribution in [0.1, 0.15) is 68.7 Å². The Kier molecular flexibility index (Phi) is 7.37. The van der Waals surface area contributed by atoms with Gasteiger partial charge in [0.2, 0.25) is 18.6 Å². The van der Waals surface area contributed by atoms with Crippen LogP contribution in [0.25, 0.3) is 5.69 Å². The predicted octanol–water partition coefficient (Wildman–Crippen LogP) is 5.29. The molecule has 1 N–H and O–H groups in total. The first-order valence-corrected chi connectivity index (χ1v) is 14.4. The minimum Gasteiger partial charge on any atom is -0.454 e. The molecule has 8 nitrogen and oxygen atoms in total. The Hall–Kier alpha value is -3.46. The van der Waals surface area contributed by atoms with Crippen LogP contribution >= 0.6 is 11.8 Å². The molecule has 2 atom stereocenters. The van der Waals surface area contributed by atoms with E-state index in [9.17, 15) is 9.59 Å². The summed E-state index contributed by atoms with van der Waals surface area (Å²) in [6, 6.07) is 14.0. The fourth-order valence-electron chi connectivity index (χ4n) is 4.92. The van der Waals surface area contributed by atoms with Crippen LogP contribution in [0.4, 0.5) is 5.82 Å². The van der Waals surface area contributed by atoms with Crippen LogP contribution in [0.5, 0.6) is 11.5 Å². The maximum absolute atomic E-state index is 13.8. The molecule has 5 rings (SSSR count). The maximum Gasteiger partial charge on any atom is 0.240 e. The molecule has 0 aliphatic carbocycles. The molecule has 2 aliphatic rings. The number of carbonyl (C=O) groups is 2. The number of aromatic nitrogens is 2. The fourth-order valence-corrected chi connectivity index (χ4v) is 6.11. The minimum absolute atomic E-state index is 0.0154. The number of thioether (sulfide) groups is 1. The largest absolute Gasteiger partial charge is 0.454 e. The second kappa shape index (κ2) is 10.6. The van der Waals surface area contributed by atoms with E-state index in [0.29, 0.717) is 17.3 Å². The van der Waals surface area contributed by atoms with Crippen molar-refractivity contribution in [2.75, 3.05) is 24.0 Å². The molecule has 9 heteroatoms. The number of nitrogens with zero attached hydrogens (tertiary/aromatic N) is 3. The topological polar surface area (TPSA) is 85.7 Å². The molecule has 2 amide bonds. The first kappa shape index (κ1) is 27.1. The SMILES string of the molecule is CC[C@H](C)NC(=O)CN1C(=O)CS[C@H](c2ccc3c(c2)OCO3)c2c(C(C)(C)C)nn(-c3cccc(C)c3)c21. The highest BCUT2D eigenvalue weighted by atomic mass is 32.2. The zero-order valence-electron chi connectivity index (χ0n) is 23.4. The minimum atomic E-state index is -0.327. The quantitative estimate of drug-likeness (QED) is 0.451. The third-order valence-corrected chi connectivity index (χ3v) is 8.32. The van der Waals surface area contributed by atoms with Gasteiger partial charge in [-0.15, -0.1) is 11.8 Å². The number of benzene rings is 2. The van der Waals surface area contributed by atoms with Crippen molar-refractivity contribution in [1.82, 2.24) is 15.1 Å². The normalized spacial score (nSPS) is 17.5. The Morgan fingerprint density at radius 3 is 2.67 bits per heavy atom. The number of hydrogen-bond donors (Lipinski definition) is 1. The molecule has 0 fully saturated rings. The van der Waals surface area contributed by atoms with E-state index in [-0.39, 0.29) is 47.6 Å². The smallest absolute Gasteiger partial charge is 0.240 e. The molecule has 0 saturated heterocycles. The molecule has 1 aromatic heterocycles. The maximum atomic E-state index is 13.8. The molecule has 2 aromatic carbocycles. The number of amides is 2. The van der Waals surface area contributed by atoms with Gasteiger partial charge >= 0.3 is 0 Å². The highest BCUT2D eigenvalue weighted by molar-refractivity contribution is 8.00. The van der Waals surface area contributed by atoms with Crippen LogP contribution in [0.3, 0.4) is 0 Å². The molecule has 0 unspecified atom stereocenters. The lowest BCUT2D eigenvalue weighted by Crippen LogP contribution is -2.44. The lowest BCUT2D eigenvalue weighted by Gasteiger charge is -2.25. The highest BCUT2D eigenvalue weighted by Gasteiger charge is 2.40. The molecule has 0 bridgehead atoms. The van der Waals surface area contributed by atoms with Gasteiger partial charge in [0.15, 0.2) is 11.5 Å². The van der Waals surface area contributed by atoms with Crippen LogP contribution in [-0.2, 0) is 15.0 Å². The summed E-state index contributed by atoms with van der Waals surface area (Å²) in [6.07, 6.45) is 0.808. The summed E-state index contributed by atoms with van der Waals surface area (Å²) >= 11 is 1.55. The summed E-state index contributed by atoms with van der Waals surface area (Å²) in [7, 11) is 0. The molecule has 206 valence electrons. The van der Waals surface area contributed by atoms with Crippen molar-refractivity contribution in [3.05, 3.63) is 64.8 Å². The molecule has 3 heterocycles. The first-order valence-electron chi connectivity index (χ1n) is 13.4. The zero-order valence-corrected chi connectivity index (χ0v) is 24.2. The monoisotopic (exact) mass is 548 g/mol. The number of aryl methyl sites for hydroxylation is 1. The lowest BCUT2D eigenvalue weighted by molar-refractivity contribution is -0.123. The average molecular weight is 549 g/mol. The summed E-state index contributed by atoms with van der Waals surface area (Å²) in [5.41, 5.74) is 4.42. The molecule has 0 spiro atoms. The van der Waals surface area contributed by atoms with Gasteiger partial charge in [-0.3, -0.25) is 14.5 Å². The molecule has 0 radical (unpaired) electrons. The van der Waals surface area contributed by atoms with E-state index in [2.05, 4.69) is 32.2 Å². The fraction of sp³-hybridized carbons (Fsp3) is 0.433. The van der Waals surface area contributed by atoms with E-state index in [1.54, 1.807) is 16.7 Å². The number of nitrogens with one attached hydrogen (secondary N) is 1. The second-order valence-corrected chi connectivity index (χ2v) is 12.3. The van der Waals surface area contributed by atoms with Gasteiger partial charge in [-0.2, -0.15) is 5.10 Å². The van der Waals surface area contributed by atoms with Gasteiger partial charge in [0.25, 0.3) is 0 Å².